The molecule has 0 amide bonds. The number of hydrogen-bond acceptors (Lipinski definition) is 4. The Morgan fingerprint density at radius 3 is 2.52 bits per heavy atom. The average Bonchev–Trinajstić information content (AvgIpc) is 2.59. The summed E-state index contributed by atoms with van der Waals surface area (Å²) in [6.07, 6.45) is 6.37. The number of aliphatic hydroxyl groups excluding tert-OH is 1. The molecule has 2 aliphatic heterocycles. The first kappa shape index (κ1) is 17.1. The van der Waals surface area contributed by atoms with Crippen molar-refractivity contribution in [2.75, 3.05) is 13.4 Å². The highest BCUT2D eigenvalue weighted by Gasteiger charge is 2.49. The third kappa shape index (κ3) is 3.01. The number of benzene rings is 1. The van der Waals surface area contributed by atoms with E-state index in [4.69, 9.17) is 4.74 Å². The minimum atomic E-state index is -0.383. The number of piperidine rings is 2. The van der Waals surface area contributed by atoms with Crippen LogP contribution >= 0.6 is 11.8 Å². The minimum absolute atomic E-state index is 0.0712. The van der Waals surface area contributed by atoms with Crippen LogP contribution in [-0.4, -0.2) is 40.4 Å². The fourth-order valence-corrected chi connectivity index (χ4v) is 4.98. The lowest BCUT2D eigenvalue weighted by Gasteiger charge is -2.56. The molecule has 0 unspecified atom stereocenters. The Kier molecular flexibility index (Phi) is 4.96. The molecule has 23 heavy (non-hydrogen) atoms. The third-order valence-corrected chi connectivity index (χ3v) is 7.37. The van der Waals surface area contributed by atoms with E-state index >= 15 is 0 Å². The van der Waals surface area contributed by atoms with Crippen LogP contribution in [0.3, 0.4) is 0 Å². The summed E-state index contributed by atoms with van der Waals surface area (Å²) in [4.78, 5) is 2.41. The van der Waals surface area contributed by atoms with Crippen molar-refractivity contribution in [3.63, 3.8) is 0 Å². The Balaban J connectivity index is 1.92. The van der Waals surface area contributed by atoms with Crippen LogP contribution in [0.2, 0.25) is 0 Å². The van der Waals surface area contributed by atoms with E-state index in [2.05, 4.69) is 37.1 Å². The summed E-state index contributed by atoms with van der Waals surface area (Å²) in [7, 11) is 1.70. The Bertz CT molecular complexity index is 535. The van der Waals surface area contributed by atoms with Crippen molar-refractivity contribution in [2.45, 2.75) is 62.6 Å². The molecule has 1 aromatic rings. The first-order chi connectivity index (χ1) is 11.0. The van der Waals surface area contributed by atoms with Gasteiger partial charge in [0, 0.05) is 12.1 Å². The van der Waals surface area contributed by atoms with Gasteiger partial charge >= 0.3 is 0 Å². The average molecular weight is 336 g/mol. The van der Waals surface area contributed by atoms with Crippen LogP contribution in [0.1, 0.15) is 51.1 Å². The summed E-state index contributed by atoms with van der Waals surface area (Å²) in [6, 6.07) is 9.19. The molecule has 0 aromatic heterocycles. The van der Waals surface area contributed by atoms with Gasteiger partial charge in [-0.15, -0.1) is 0 Å². The van der Waals surface area contributed by atoms with Crippen LogP contribution in [0.25, 0.3) is 0 Å². The molecule has 0 saturated carbocycles. The van der Waals surface area contributed by atoms with E-state index in [0.717, 1.165) is 18.6 Å². The molecule has 128 valence electrons. The summed E-state index contributed by atoms with van der Waals surface area (Å²) < 4.78 is 5.21. The quantitative estimate of drug-likeness (QED) is 0.902. The van der Waals surface area contributed by atoms with Gasteiger partial charge in [0.15, 0.2) is 0 Å². The number of thioether (sulfide) groups is 1. The first-order valence-electron chi connectivity index (χ1n) is 8.65. The van der Waals surface area contributed by atoms with Crippen LogP contribution in [0.4, 0.5) is 0 Å². The van der Waals surface area contributed by atoms with E-state index in [1.807, 2.05) is 12.1 Å². The molecule has 2 aliphatic rings. The van der Waals surface area contributed by atoms with Crippen molar-refractivity contribution in [1.29, 1.82) is 0 Å². The molecule has 2 saturated heterocycles. The Labute approximate surface area is 144 Å². The molecular weight excluding hydrogens is 306 g/mol. The second kappa shape index (κ2) is 6.66. The smallest absolute Gasteiger partial charge is 0.122 e. The lowest BCUT2D eigenvalue weighted by Crippen LogP contribution is -2.61. The Morgan fingerprint density at radius 1 is 1.22 bits per heavy atom. The van der Waals surface area contributed by atoms with Crippen molar-refractivity contribution in [3.05, 3.63) is 29.8 Å². The maximum Gasteiger partial charge on any atom is 0.122 e. The van der Waals surface area contributed by atoms with Gasteiger partial charge in [0.05, 0.1) is 11.9 Å². The van der Waals surface area contributed by atoms with Crippen molar-refractivity contribution < 1.29 is 9.84 Å². The Hall–Kier alpha value is -0.710. The standard InChI is InChI=1S/C19H29NO2S/c1-13-5-10-17(14-6-8-15(22-3)9-7-14)20-16(13)11-12-19(2,23-4)18(20)21/h6-9,13,16-18,21H,5,10-12H2,1-4H3/t13-,16+,17+,18-,19+/m0/s1. The van der Waals surface area contributed by atoms with E-state index in [-0.39, 0.29) is 11.0 Å². The van der Waals surface area contributed by atoms with Crippen LogP contribution in [0.15, 0.2) is 24.3 Å². The van der Waals surface area contributed by atoms with E-state index in [0.29, 0.717) is 18.0 Å². The highest BCUT2D eigenvalue weighted by atomic mass is 32.2. The van der Waals surface area contributed by atoms with Gasteiger partial charge in [-0.05, 0) is 62.5 Å². The maximum absolute atomic E-state index is 11.2. The van der Waals surface area contributed by atoms with Crippen molar-refractivity contribution in [3.8, 4) is 5.75 Å². The largest absolute Gasteiger partial charge is 0.497 e. The molecule has 1 N–H and O–H groups in total. The second-order valence-electron chi connectivity index (χ2n) is 7.29. The molecule has 0 bridgehead atoms. The molecule has 1 aromatic carbocycles. The lowest BCUT2D eigenvalue weighted by atomic mass is 9.77. The van der Waals surface area contributed by atoms with Crippen LogP contribution in [-0.2, 0) is 0 Å². The molecule has 0 aliphatic carbocycles. The van der Waals surface area contributed by atoms with Gasteiger partial charge in [0.1, 0.15) is 12.0 Å². The molecule has 0 radical (unpaired) electrons. The van der Waals surface area contributed by atoms with E-state index in [1.54, 1.807) is 18.9 Å². The predicted octanol–water partition coefficient (Wildman–Crippen LogP) is 4.07. The number of hydrogen-bond donors (Lipinski definition) is 1. The summed E-state index contributed by atoms with van der Waals surface area (Å²) in [5.74, 6) is 1.55. The highest BCUT2D eigenvalue weighted by molar-refractivity contribution is 8.00. The highest BCUT2D eigenvalue weighted by Crippen LogP contribution is 2.49. The topological polar surface area (TPSA) is 32.7 Å². The summed E-state index contributed by atoms with van der Waals surface area (Å²) in [5.41, 5.74) is 1.30. The molecule has 5 atom stereocenters. The number of nitrogens with zero attached hydrogens (tertiary/aromatic N) is 1. The van der Waals surface area contributed by atoms with Crippen LogP contribution in [0, 0.1) is 5.92 Å². The molecular formula is C19H29NO2S. The number of methoxy groups -OCH3 is 1. The van der Waals surface area contributed by atoms with Gasteiger partial charge in [0.25, 0.3) is 0 Å². The fourth-order valence-electron chi connectivity index (χ4n) is 4.32. The van der Waals surface area contributed by atoms with E-state index in [9.17, 15) is 5.11 Å². The fraction of sp³-hybridized carbons (Fsp3) is 0.684. The van der Waals surface area contributed by atoms with E-state index in [1.165, 1.54) is 18.4 Å². The van der Waals surface area contributed by atoms with Crippen molar-refractivity contribution in [2.24, 2.45) is 5.92 Å². The zero-order valence-electron chi connectivity index (χ0n) is 14.7. The van der Waals surface area contributed by atoms with Gasteiger partial charge < -0.3 is 9.84 Å². The Morgan fingerprint density at radius 2 is 1.91 bits per heavy atom. The molecule has 4 heteroatoms. The molecule has 2 fully saturated rings. The maximum atomic E-state index is 11.2. The van der Waals surface area contributed by atoms with Gasteiger partial charge in [-0.3, -0.25) is 4.90 Å². The molecule has 0 spiro atoms. The number of rotatable bonds is 3. The normalized spacial score (nSPS) is 38.1. The second-order valence-corrected chi connectivity index (χ2v) is 8.63. The summed E-state index contributed by atoms with van der Waals surface area (Å²) in [6.45, 7) is 4.55. The monoisotopic (exact) mass is 335 g/mol. The summed E-state index contributed by atoms with van der Waals surface area (Å²) in [5, 5.41) is 11.2. The summed E-state index contributed by atoms with van der Waals surface area (Å²) >= 11 is 1.80. The molecule has 3 nitrogen and oxygen atoms in total. The number of aliphatic hydroxyl groups is 1. The molecule has 3 rings (SSSR count). The minimum Gasteiger partial charge on any atom is -0.497 e. The van der Waals surface area contributed by atoms with Crippen LogP contribution < -0.4 is 4.74 Å². The van der Waals surface area contributed by atoms with Crippen molar-refractivity contribution >= 4 is 11.8 Å². The van der Waals surface area contributed by atoms with Gasteiger partial charge in [-0.2, -0.15) is 11.8 Å². The third-order valence-electron chi connectivity index (χ3n) is 6.03. The molecule has 2 heterocycles. The number of fused-ring (bicyclic) bond motifs is 1. The van der Waals surface area contributed by atoms with Gasteiger partial charge in [0.2, 0.25) is 0 Å². The SMILES string of the molecule is COc1ccc([C@H]2CC[C@H](C)[C@H]3CC[C@@](C)(SC)[C@H](O)N23)cc1. The van der Waals surface area contributed by atoms with E-state index < -0.39 is 0 Å². The first-order valence-corrected chi connectivity index (χ1v) is 9.87. The number of ether oxygens (including phenoxy) is 1. The van der Waals surface area contributed by atoms with Gasteiger partial charge in [-0.25, -0.2) is 0 Å². The zero-order valence-corrected chi connectivity index (χ0v) is 15.5. The van der Waals surface area contributed by atoms with Crippen molar-refractivity contribution in [1.82, 2.24) is 4.90 Å². The van der Waals surface area contributed by atoms with Crippen LogP contribution in [0.5, 0.6) is 5.75 Å². The zero-order chi connectivity index (χ0) is 16.6. The van der Waals surface area contributed by atoms with Gasteiger partial charge in [-0.1, -0.05) is 19.1 Å². The predicted molar refractivity (Wildman–Crippen MR) is 96.9 cm³/mol. The lowest BCUT2D eigenvalue weighted by molar-refractivity contribution is -0.132.